The molecule has 0 spiro atoms. The average Bonchev–Trinajstić information content (AvgIpc) is 2.56. The van der Waals surface area contributed by atoms with E-state index in [4.69, 9.17) is 4.74 Å². The first kappa shape index (κ1) is 16.0. The summed E-state index contributed by atoms with van der Waals surface area (Å²) in [5.74, 6) is -0.112. The zero-order valence-electron chi connectivity index (χ0n) is 13.0. The maximum absolute atomic E-state index is 12.2. The van der Waals surface area contributed by atoms with Crippen molar-refractivity contribution in [1.29, 1.82) is 0 Å². The van der Waals surface area contributed by atoms with E-state index in [0.717, 1.165) is 35.6 Å². The molecule has 1 fully saturated rings. The van der Waals surface area contributed by atoms with Gasteiger partial charge in [-0.3, -0.25) is 4.79 Å². The number of ether oxygens (including phenoxy) is 1. The van der Waals surface area contributed by atoms with E-state index in [1.165, 1.54) is 0 Å². The lowest BCUT2D eigenvalue weighted by Gasteiger charge is -2.35. The Bertz CT molecular complexity index is 688. The van der Waals surface area contributed by atoms with Crippen LogP contribution in [0.1, 0.15) is 17.3 Å². The predicted molar refractivity (Wildman–Crippen MR) is 96.2 cm³/mol. The average molecular weight is 375 g/mol. The first-order chi connectivity index (χ1) is 11.1. The summed E-state index contributed by atoms with van der Waals surface area (Å²) in [6.07, 6.45) is 0. The maximum atomic E-state index is 12.2. The Morgan fingerprint density at radius 2 is 2.04 bits per heavy atom. The van der Waals surface area contributed by atoms with Gasteiger partial charge in [0.15, 0.2) is 0 Å². The molecule has 1 heterocycles. The number of rotatable bonds is 3. The van der Waals surface area contributed by atoms with E-state index in [1.54, 1.807) is 12.1 Å². The van der Waals surface area contributed by atoms with Crippen LogP contribution in [0.25, 0.3) is 0 Å². The molecule has 1 saturated heterocycles. The normalized spacial score (nSPS) is 17.8. The highest BCUT2D eigenvalue weighted by Gasteiger charge is 2.18. The first-order valence-electron chi connectivity index (χ1n) is 7.65. The fraction of sp³-hybridized carbons (Fsp3) is 0.278. The molecule has 5 heteroatoms. The number of carbonyl (C=O) groups excluding carboxylic acids is 1. The summed E-state index contributed by atoms with van der Waals surface area (Å²) in [5, 5.41) is 2.92. The Labute approximate surface area is 144 Å². The Hall–Kier alpha value is -1.85. The Kier molecular flexibility index (Phi) is 4.98. The van der Waals surface area contributed by atoms with E-state index in [0.29, 0.717) is 11.6 Å². The van der Waals surface area contributed by atoms with E-state index in [9.17, 15) is 4.79 Å². The molecule has 23 heavy (non-hydrogen) atoms. The molecule has 2 aromatic carbocycles. The molecule has 1 atom stereocenters. The Balaban J connectivity index is 1.69. The molecule has 1 unspecified atom stereocenters. The van der Waals surface area contributed by atoms with Crippen LogP contribution in [0, 0.1) is 0 Å². The standard InChI is InChI=1S/C18H19BrN2O2/c1-13-12-23-10-9-21(13)17-7-5-16(6-8-17)20-18(22)14-3-2-4-15(19)11-14/h2-8,11,13H,9-10,12H2,1H3,(H,20,22). The third-order valence-corrected chi connectivity index (χ3v) is 4.40. The van der Waals surface area contributed by atoms with Gasteiger partial charge in [-0.1, -0.05) is 22.0 Å². The lowest BCUT2D eigenvalue weighted by Crippen LogP contribution is -2.43. The number of halogens is 1. The molecular weight excluding hydrogens is 356 g/mol. The van der Waals surface area contributed by atoms with Crippen molar-refractivity contribution in [3.63, 3.8) is 0 Å². The predicted octanol–water partition coefficient (Wildman–Crippen LogP) is 3.93. The highest BCUT2D eigenvalue weighted by atomic mass is 79.9. The largest absolute Gasteiger partial charge is 0.377 e. The van der Waals surface area contributed by atoms with Crippen molar-refractivity contribution in [2.45, 2.75) is 13.0 Å². The van der Waals surface area contributed by atoms with Gasteiger partial charge in [0.2, 0.25) is 0 Å². The SMILES string of the molecule is CC1COCCN1c1ccc(NC(=O)c2cccc(Br)c2)cc1. The lowest BCUT2D eigenvalue weighted by molar-refractivity contribution is 0.0989. The summed E-state index contributed by atoms with van der Waals surface area (Å²) in [6, 6.07) is 15.7. The van der Waals surface area contributed by atoms with Crippen molar-refractivity contribution < 1.29 is 9.53 Å². The zero-order chi connectivity index (χ0) is 16.2. The van der Waals surface area contributed by atoms with Gasteiger partial charge >= 0.3 is 0 Å². The number of morpholine rings is 1. The highest BCUT2D eigenvalue weighted by Crippen LogP contribution is 2.22. The van der Waals surface area contributed by atoms with Crippen LogP contribution >= 0.6 is 15.9 Å². The molecule has 0 aliphatic carbocycles. The molecule has 3 rings (SSSR count). The van der Waals surface area contributed by atoms with E-state index < -0.39 is 0 Å². The fourth-order valence-corrected chi connectivity index (χ4v) is 3.08. The van der Waals surface area contributed by atoms with Crippen LogP contribution in [0.3, 0.4) is 0 Å². The summed E-state index contributed by atoms with van der Waals surface area (Å²) in [7, 11) is 0. The molecule has 2 aromatic rings. The van der Waals surface area contributed by atoms with Gasteiger partial charge in [0, 0.05) is 34.0 Å². The van der Waals surface area contributed by atoms with Crippen LogP contribution in [0.2, 0.25) is 0 Å². The van der Waals surface area contributed by atoms with Crippen molar-refractivity contribution in [3.8, 4) is 0 Å². The highest BCUT2D eigenvalue weighted by molar-refractivity contribution is 9.10. The maximum Gasteiger partial charge on any atom is 0.255 e. The van der Waals surface area contributed by atoms with Crippen molar-refractivity contribution >= 4 is 33.2 Å². The number of amides is 1. The van der Waals surface area contributed by atoms with Gasteiger partial charge in [-0.2, -0.15) is 0 Å². The molecule has 0 aromatic heterocycles. The number of hydrogen-bond donors (Lipinski definition) is 1. The molecule has 0 bridgehead atoms. The molecule has 0 saturated carbocycles. The van der Waals surface area contributed by atoms with Gasteiger partial charge in [0.05, 0.1) is 13.2 Å². The van der Waals surface area contributed by atoms with E-state index in [2.05, 4.69) is 33.1 Å². The second-order valence-corrected chi connectivity index (χ2v) is 6.54. The summed E-state index contributed by atoms with van der Waals surface area (Å²) in [5.41, 5.74) is 2.58. The molecule has 4 nitrogen and oxygen atoms in total. The third-order valence-electron chi connectivity index (χ3n) is 3.91. The Morgan fingerprint density at radius 1 is 1.26 bits per heavy atom. The molecule has 120 valence electrons. The molecule has 1 amide bonds. The van der Waals surface area contributed by atoms with Crippen LogP contribution in [0.5, 0.6) is 0 Å². The van der Waals surface area contributed by atoms with Gasteiger partial charge in [-0.25, -0.2) is 0 Å². The molecular formula is C18H19BrN2O2. The van der Waals surface area contributed by atoms with Crippen molar-refractivity contribution in [2.75, 3.05) is 30.0 Å². The minimum absolute atomic E-state index is 0.112. The second kappa shape index (κ2) is 7.15. The molecule has 0 radical (unpaired) electrons. The number of benzene rings is 2. The topological polar surface area (TPSA) is 41.6 Å². The number of anilines is 2. The van der Waals surface area contributed by atoms with Gasteiger partial charge in [-0.05, 0) is 49.4 Å². The molecule has 1 aliphatic rings. The van der Waals surface area contributed by atoms with Gasteiger partial charge in [0.1, 0.15) is 0 Å². The summed E-state index contributed by atoms with van der Waals surface area (Å²) >= 11 is 3.38. The smallest absolute Gasteiger partial charge is 0.255 e. The minimum Gasteiger partial charge on any atom is -0.377 e. The monoisotopic (exact) mass is 374 g/mol. The van der Waals surface area contributed by atoms with Crippen LogP contribution in [0.4, 0.5) is 11.4 Å². The van der Waals surface area contributed by atoms with Crippen molar-refractivity contribution in [2.24, 2.45) is 0 Å². The lowest BCUT2D eigenvalue weighted by atomic mass is 10.2. The van der Waals surface area contributed by atoms with E-state index in [-0.39, 0.29) is 5.91 Å². The van der Waals surface area contributed by atoms with E-state index >= 15 is 0 Å². The van der Waals surface area contributed by atoms with Crippen LogP contribution in [-0.4, -0.2) is 31.7 Å². The summed E-state index contributed by atoms with van der Waals surface area (Å²) in [6.45, 7) is 4.56. The molecule has 1 aliphatic heterocycles. The number of carbonyl (C=O) groups is 1. The fourth-order valence-electron chi connectivity index (χ4n) is 2.68. The first-order valence-corrected chi connectivity index (χ1v) is 8.44. The van der Waals surface area contributed by atoms with E-state index in [1.807, 2.05) is 36.4 Å². The van der Waals surface area contributed by atoms with Crippen LogP contribution in [-0.2, 0) is 4.74 Å². The number of nitrogens with zero attached hydrogens (tertiary/aromatic N) is 1. The second-order valence-electron chi connectivity index (χ2n) is 5.63. The van der Waals surface area contributed by atoms with Gasteiger partial charge < -0.3 is 15.0 Å². The quantitative estimate of drug-likeness (QED) is 0.884. The van der Waals surface area contributed by atoms with Gasteiger partial charge in [0.25, 0.3) is 5.91 Å². The third kappa shape index (κ3) is 3.92. The zero-order valence-corrected chi connectivity index (χ0v) is 14.5. The Morgan fingerprint density at radius 3 is 2.74 bits per heavy atom. The van der Waals surface area contributed by atoms with Crippen molar-refractivity contribution in [3.05, 3.63) is 58.6 Å². The summed E-state index contributed by atoms with van der Waals surface area (Å²) in [4.78, 5) is 14.6. The number of nitrogens with one attached hydrogen (secondary N) is 1. The van der Waals surface area contributed by atoms with Crippen LogP contribution < -0.4 is 10.2 Å². The van der Waals surface area contributed by atoms with Gasteiger partial charge in [-0.15, -0.1) is 0 Å². The summed E-state index contributed by atoms with van der Waals surface area (Å²) < 4.78 is 6.36. The number of hydrogen-bond acceptors (Lipinski definition) is 3. The molecule has 1 N–H and O–H groups in total. The minimum atomic E-state index is -0.112. The van der Waals surface area contributed by atoms with Crippen LogP contribution in [0.15, 0.2) is 53.0 Å². The van der Waals surface area contributed by atoms with Crippen molar-refractivity contribution in [1.82, 2.24) is 0 Å².